The molecule has 0 bridgehead atoms. The maximum absolute atomic E-state index is 12.8. The minimum absolute atomic E-state index is 0.0336. The zero-order valence-electron chi connectivity index (χ0n) is 15.0. The van der Waals surface area contributed by atoms with Crippen LogP contribution in [0.2, 0.25) is 0 Å². The van der Waals surface area contributed by atoms with Crippen LogP contribution in [-0.2, 0) is 33.2 Å². The highest BCUT2D eigenvalue weighted by molar-refractivity contribution is 8.13. The lowest BCUT2D eigenvalue weighted by molar-refractivity contribution is -0.221. The van der Waals surface area contributed by atoms with Crippen molar-refractivity contribution in [3.05, 3.63) is 29.8 Å². The summed E-state index contributed by atoms with van der Waals surface area (Å²) in [6.07, 6.45) is -4.00. The lowest BCUT2D eigenvalue weighted by atomic mass is 10.1. The summed E-state index contributed by atoms with van der Waals surface area (Å²) in [7, 11) is -4.08. The van der Waals surface area contributed by atoms with E-state index < -0.39 is 51.9 Å². The van der Waals surface area contributed by atoms with Crippen LogP contribution in [0.4, 0.5) is 4.79 Å². The summed E-state index contributed by atoms with van der Waals surface area (Å²) in [6.45, 7) is 5.28. The van der Waals surface area contributed by atoms with Crippen LogP contribution in [-0.4, -0.2) is 56.0 Å². The van der Waals surface area contributed by atoms with Crippen LogP contribution < -0.4 is 0 Å². The van der Waals surface area contributed by atoms with Crippen molar-refractivity contribution >= 4 is 27.2 Å². The second-order valence-electron chi connectivity index (χ2n) is 7.11. The first-order valence-corrected chi connectivity index (χ1v) is 10.9. The molecule has 3 heterocycles. The molecule has 0 amide bonds. The van der Waals surface area contributed by atoms with Gasteiger partial charge in [-0.15, -0.1) is 0 Å². The molecule has 0 unspecified atom stereocenters. The summed E-state index contributed by atoms with van der Waals surface area (Å²) in [5.74, 6) is -0.590. The predicted octanol–water partition coefficient (Wildman–Crippen LogP) is 2.20. The van der Waals surface area contributed by atoms with Gasteiger partial charge >= 0.3 is 5.30 Å². The minimum Gasteiger partial charge on any atom is -0.450 e. The van der Waals surface area contributed by atoms with Crippen molar-refractivity contribution in [2.24, 2.45) is 0 Å². The second kappa shape index (κ2) is 6.71. The number of thioether (sulfide) groups is 1. The maximum Gasteiger partial charge on any atom is 0.367 e. The summed E-state index contributed by atoms with van der Waals surface area (Å²) < 4.78 is 53.7. The lowest BCUT2D eigenvalue weighted by Gasteiger charge is -2.27. The van der Waals surface area contributed by atoms with Gasteiger partial charge in [0.25, 0.3) is 10.1 Å². The van der Waals surface area contributed by atoms with Gasteiger partial charge in [0, 0.05) is 5.75 Å². The standard InChI is InChI=1S/C17H20O8S2/c1-9-4-6-10(7-5-9)27(19,20)25-13-12(11-8-26-16(18)21-11)22-15-14(13)23-17(2,3)24-15/h4-7,11-15H,8H2,1-3H3/t11-,12-,13+,14-,15-/m1/s1. The molecular formula is C17H20O8S2. The Kier molecular flexibility index (Phi) is 4.76. The molecule has 0 spiro atoms. The molecule has 10 heteroatoms. The molecule has 3 fully saturated rings. The Morgan fingerprint density at radius 2 is 1.85 bits per heavy atom. The highest BCUT2D eigenvalue weighted by Crippen LogP contribution is 2.42. The quantitative estimate of drug-likeness (QED) is 0.540. The number of rotatable bonds is 4. The van der Waals surface area contributed by atoms with Gasteiger partial charge in [0.1, 0.15) is 24.4 Å². The van der Waals surface area contributed by atoms with Gasteiger partial charge in [-0.25, -0.2) is 4.79 Å². The van der Waals surface area contributed by atoms with E-state index in [1.54, 1.807) is 26.0 Å². The molecule has 3 saturated heterocycles. The van der Waals surface area contributed by atoms with E-state index in [4.69, 9.17) is 23.1 Å². The number of carbonyl (C=O) groups is 1. The van der Waals surface area contributed by atoms with E-state index in [1.807, 2.05) is 6.92 Å². The zero-order valence-corrected chi connectivity index (χ0v) is 16.6. The SMILES string of the molecule is Cc1ccc(S(=O)(=O)O[C@@H]2[C@H]3OC(C)(C)O[C@H]3O[C@@H]2[C@H]2CSC(=O)O2)cc1. The Labute approximate surface area is 161 Å². The van der Waals surface area contributed by atoms with E-state index in [1.165, 1.54) is 12.1 Å². The van der Waals surface area contributed by atoms with Crippen molar-refractivity contribution < 1.29 is 36.3 Å². The van der Waals surface area contributed by atoms with Crippen LogP contribution >= 0.6 is 11.8 Å². The maximum atomic E-state index is 12.8. The van der Waals surface area contributed by atoms with Crippen molar-refractivity contribution in [1.29, 1.82) is 0 Å². The van der Waals surface area contributed by atoms with Gasteiger partial charge in [-0.2, -0.15) is 8.42 Å². The van der Waals surface area contributed by atoms with Crippen LogP contribution in [0.15, 0.2) is 29.2 Å². The molecule has 3 aliphatic heterocycles. The highest BCUT2D eigenvalue weighted by atomic mass is 32.2. The summed E-state index contributed by atoms with van der Waals surface area (Å²) in [5, 5.41) is -0.428. The van der Waals surface area contributed by atoms with Crippen LogP contribution in [0.1, 0.15) is 19.4 Å². The molecule has 0 saturated carbocycles. The summed E-state index contributed by atoms with van der Waals surface area (Å²) in [5.41, 5.74) is 0.931. The molecule has 1 aromatic carbocycles. The molecule has 0 radical (unpaired) electrons. The molecule has 3 aliphatic rings. The number of hydrogen-bond acceptors (Lipinski definition) is 9. The third-order valence-electron chi connectivity index (χ3n) is 4.55. The van der Waals surface area contributed by atoms with Crippen LogP contribution in [0.5, 0.6) is 0 Å². The van der Waals surface area contributed by atoms with Gasteiger partial charge in [-0.3, -0.25) is 4.18 Å². The molecule has 4 rings (SSSR count). The fourth-order valence-electron chi connectivity index (χ4n) is 3.32. The van der Waals surface area contributed by atoms with Crippen LogP contribution in [0.25, 0.3) is 0 Å². The van der Waals surface area contributed by atoms with Crippen molar-refractivity contribution in [2.45, 2.75) is 62.2 Å². The average molecular weight is 416 g/mol. The third-order valence-corrected chi connectivity index (χ3v) is 6.71. The molecule has 8 nitrogen and oxygen atoms in total. The topological polar surface area (TPSA) is 97.4 Å². The number of benzene rings is 1. The molecule has 1 aromatic rings. The fraction of sp³-hybridized carbons (Fsp3) is 0.588. The predicted molar refractivity (Wildman–Crippen MR) is 94.7 cm³/mol. The highest BCUT2D eigenvalue weighted by Gasteiger charge is 2.59. The fourth-order valence-corrected chi connectivity index (χ4v) is 5.17. The van der Waals surface area contributed by atoms with E-state index in [0.717, 1.165) is 17.3 Å². The Morgan fingerprint density at radius 3 is 2.48 bits per heavy atom. The van der Waals surface area contributed by atoms with Crippen molar-refractivity contribution in [3.63, 3.8) is 0 Å². The Hall–Kier alpha value is -1.17. The molecule has 0 aliphatic carbocycles. The number of ether oxygens (including phenoxy) is 4. The van der Waals surface area contributed by atoms with E-state index in [0.29, 0.717) is 5.75 Å². The molecule has 0 N–H and O–H groups in total. The van der Waals surface area contributed by atoms with Crippen molar-refractivity contribution in [3.8, 4) is 0 Å². The van der Waals surface area contributed by atoms with Crippen LogP contribution in [0, 0.1) is 6.92 Å². The molecular weight excluding hydrogens is 396 g/mol. The van der Waals surface area contributed by atoms with Gasteiger partial charge in [-0.05, 0) is 44.7 Å². The normalized spacial score (nSPS) is 35.2. The zero-order chi connectivity index (χ0) is 19.4. The number of carbonyl (C=O) groups excluding carboxylic acids is 1. The van der Waals surface area contributed by atoms with E-state index in [2.05, 4.69) is 0 Å². The van der Waals surface area contributed by atoms with Crippen LogP contribution in [0.3, 0.4) is 0 Å². The number of cyclic esters (lactones) is 1. The first-order chi connectivity index (χ1) is 12.6. The molecule has 27 heavy (non-hydrogen) atoms. The van der Waals surface area contributed by atoms with Gasteiger partial charge < -0.3 is 18.9 Å². The smallest absolute Gasteiger partial charge is 0.367 e. The third kappa shape index (κ3) is 3.74. The summed E-state index contributed by atoms with van der Waals surface area (Å²) in [4.78, 5) is 11.5. The van der Waals surface area contributed by atoms with Gasteiger partial charge in [0.05, 0.1) is 4.90 Å². The number of fused-ring (bicyclic) bond motifs is 1. The van der Waals surface area contributed by atoms with Crippen molar-refractivity contribution in [2.75, 3.05) is 5.75 Å². The van der Waals surface area contributed by atoms with Crippen molar-refractivity contribution in [1.82, 2.24) is 0 Å². The Morgan fingerprint density at radius 1 is 1.15 bits per heavy atom. The number of aryl methyl sites for hydroxylation is 1. The van der Waals surface area contributed by atoms with Gasteiger partial charge in [0.15, 0.2) is 12.1 Å². The Balaban J connectivity index is 1.61. The summed E-state index contributed by atoms with van der Waals surface area (Å²) in [6, 6.07) is 6.34. The Bertz CT molecular complexity index is 835. The molecule has 0 aromatic heterocycles. The van der Waals surface area contributed by atoms with E-state index in [-0.39, 0.29) is 4.90 Å². The molecule has 148 valence electrons. The van der Waals surface area contributed by atoms with E-state index >= 15 is 0 Å². The molecule has 5 atom stereocenters. The lowest BCUT2D eigenvalue weighted by Crippen LogP contribution is -2.44. The summed E-state index contributed by atoms with van der Waals surface area (Å²) >= 11 is 1.01. The first-order valence-electron chi connectivity index (χ1n) is 8.49. The van der Waals surface area contributed by atoms with E-state index in [9.17, 15) is 13.2 Å². The minimum atomic E-state index is -4.08. The largest absolute Gasteiger partial charge is 0.450 e. The van der Waals surface area contributed by atoms with Gasteiger partial charge in [-0.1, -0.05) is 17.7 Å². The average Bonchev–Trinajstić information content (AvgIpc) is 3.21. The number of hydrogen-bond donors (Lipinski definition) is 0. The van der Waals surface area contributed by atoms with Gasteiger partial charge in [0.2, 0.25) is 0 Å². The second-order valence-corrected chi connectivity index (χ2v) is 9.64. The first kappa shape index (κ1) is 19.2. The monoisotopic (exact) mass is 416 g/mol.